The minimum atomic E-state index is -0.788. The van der Waals surface area contributed by atoms with Crippen molar-refractivity contribution < 1.29 is 19.1 Å². The molecule has 114 valence electrons. The summed E-state index contributed by atoms with van der Waals surface area (Å²) in [5.41, 5.74) is 0. The summed E-state index contributed by atoms with van der Waals surface area (Å²) in [5.74, 6) is 0.360. The molecule has 2 aliphatic rings. The molecule has 1 N–H and O–H groups in total. The van der Waals surface area contributed by atoms with E-state index in [0.29, 0.717) is 13.0 Å². The summed E-state index contributed by atoms with van der Waals surface area (Å²) < 4.78 is 5.49. The van der Waals surface area contributed by atoms with Gasteiger partial charge in [0.15, 0.2) is 0 Å². The molecule has 0 aliphatic carbocycles. The Morgan fingerprint density at radius 3 is 2.76 bits per heavy atom. The van der Waals surface area contributed by atoms with E-state index >= 15 is 0 Å². The molecule has 2 bridgehead atoms. The summed E-state index contributed by atoms with van der Waals surface area (Å²) in [4.78, 5) is 27.2. The molecular weight excluding hydrogens is 272 g/mol. The van der Waals surface area contributed by atoms with Crippen LogP contribution in [-0.2, 0) is 11.3 Å². The van der Waals surface area contributed by atoms with Gasteiger partial charge in [-0.2, -0.15) is 0 Å². The Balaban J connectivity index is 1.69. The molecule has 0 aromatic carbocycles. The fourth-order valence-corrected chi connectivity index (χ4v) is 3.62. The number of nitrogens with zero attached hydrogens (tertiary/aromatic N) is 2. The standard InChI is InChI=1S/C15H20N2O4/c1-9-3-5-11(21-9)8-16(2)15(20)17-10-4-6-13(17)12(7-10)14(18)19/h3,5,10,12-13H,4,6-8H2,1-2H3,(H,18,19). The maximum absolute atomic E-state index is 12.6. The van der Waals surface area contributed by atoms with E-state index in [1.807, 2.05) is 19.1 Å². The van der Waals surface area contributed by atoms with Gasteiger partial charge in [-0.25, -0.2) is 4.79 Å². The van der Waals surface area contributed by atoms with E-state index in [1.165, 1.54) is 0 Å². The number of furan rings is 1. The average molecular weight is 292 g/mol. The maximum Gasteiger partial charge on any atom is 0.320 e. The highest BCUT2D eigenvalue weighted by Crippen LogP contribution is 2.42. The summed E-state index contributed by atoms with van der Waals surface area (Å²) in [5, 5.41) is 9.24. The first-order valence-corrected chi connectivity index (χ1v) is 7.29. The van der Waals surface area contributed by atoms with Crippen molar-refractivity contribution in [3.63, 3.8) is 0 Å². The summed E-state index contributed by atoms with van der Waals surface area (Å²) in [6, 6.07) is 3.55. The van der Waals surface area contributed by atoms with Crippen LogP contribution >= 0.6 is 0 Å². The molecule has 6 heteroatoms. The third-order valence-electron chi connectivity index (χ3n) is 4.59. The number of rotatable bonds is 3. The van der Waals surface area contributed by atoms with Gasteiger partial charge in [-0.3, -0.25) is 4.79 Å². The van der Waals surface area contributed by atoms with Crippen LogP contribution in [0.1, 0.15) is 30.8 Å². The van der Waals surface area contributed by atoms with E-state index in [1.54, 1.807) is 16.8 Å². The number of urea groups is 1. The Kier molecular flexibility index (Phi) is 3.39. The molecule has 3 rings (SSSR count). The number of carboxylic acid groups (broad SMARTS) is 1. The zero-order chi connectivity index (χ0) is 15.1. The number of aliphatic carboxylic acids is 1. The van der Waals surface area contributed by atoms with Crippen molar-refractivity contribution in [1.29, 1.82) is 0 Å². The smallest absolute Gasteiger partial charge is 0.320 e. The molecular formula is C15H20N2O4. The minimum absolute atomic E-state index is 0.0735. The van der Waals surface area contributed by atoms with Gasteiger partial charge in [0.05, 0.1) is 12.5 Å². The van der Waals surface area contributed by atoms with Crippen LogP contribution in [0.15, 0.2) is 16.5 Å². The van der Waals surface area contributed by atoms with Gasteiger partial charge in [0.25, 0.3) is 0 Å². The third kappa shape index (κ3) is 2.39. The van der Waals surface area contributed by atoms with Gasteiger partial charge in [-0.05, 0) is 38.3 Å². The third-order valence-corrected chi connectivity index (χ3v) is 4.59. The van der Waals surface area contributed by atoms with Crippen LogP contribution in [0, 0.1) is 12.8 Å². The summed E-state index contributed by atoms with van der Waals surface area (Å²) in [7, 11) is 1.73. The second-order valence-electron chi connectivity index (χ2n) is 6.04. The van der Waals surface area contributed by atoms with Crippen molar-refractivity contribution in [2.75, 3.05) is 7.05 Å². The molecule has 1 aromatic rings. The van der Waals surface area contributed by atoms with E-state index in [4.69, 9.17) is 4.42 Å². The highest BCUT2D eigenvalue weighted by molar-refractivity contribution is 5.79. The second kappa shape index (κ2) is 5.09. The van der Waals surface area contributed by atoms with Gasteiger partial charge in [-0.1, -0.05) is 0 Å². The van der Waals surface area contributed by atoms with Gasteiger partial charge in [0.1, 0.15) is 11.5 Å². The van der Waals surface area contributed by atoms with E-state index in [9.17, 15) is 14.7 Å². The van der Waals surface area contributed by atoms with Crippen molar-refractivity contribution >= 4 is 12.0 Å². The number of fused-ring (bicyclic) bond motifs is 2. The van der Waals surface area contributed by atoms with Crippen molar-refractivity contribution in [3.05, 3.63) is 23.7 Å². The van der Waals surface area contributed by atoms with E-state index in [-0.39, 0.29) is 18.1 Å². The molecule has 0 saturated carbocycles. The lowest BCUT2D eigenvalue weighted by atomic mass is 9.89. The first kappa shape index (κ1) is 14.0. The number of carboxylic acids is 1. The molecule has 0 spiro atoms. The average Bonchev–Trinajstić information content (AvgIpc) is 3.12. The number of carbonyl (C=O) groups excluding carboxylic acids is 1. The fourth-order valence-electron chi connectivity index (χ4n) is 3.62. The zero-order valence-corrected chi connectivity index (χ0v) is 12.3. The second-order valence-corrected chi connectivity index (χ2v) is 6.04. The van der Waals surface area contributed by atoms with Gasteiger partial charge in [0.2, 0.25) is 0 Å². The normalized spacial score (nSPS) is 27.1. The molecule has 2 fully saturated rings. The van der Waals surface area contributed by atoms with Crippen LogP contribution in [0.3, 0.4) is 0 Å². The van der Waals surface area contributed by atoms with Crippen LogP contribution < -0.4 is 0 Å². The number of hydrogen-bond donors (Lipinski definition) is 1. The van der Waals surface area contributed by atoms with Gasteiger partial charge < -0.3 is 19.3 Å². The molecule has 0 radical (unpaired) electrons. The highest BCUT2D eigenvalue weighted by Gasteiger charge is 2.51. The van der Waals surface area contributed by atoms with E-state index in [0.717, 1.165) is 24.4 Å². The molecule has 3 heterocycles. The predicted molar refractivity (Wildman–Crippen MR) is 74.7 cm³/mol. The lowest BCUT2D eigenvalue weighted by molar-refractivity contribution is -0.142. The molecule has 2 saturated heterocycles. The van der Waals surface area contributed by atoms with Crippen molar-refractivity contribution in [2.45, 2.75) is 44.8 Å². The number of carbonyl (C=O) groups is 2. The molecule has 3 atom stereocenters. The van der Waals surface area contributed by atoms with Crippen LogP contribution in [0.4, 0.5) is 4.79 Å². The summed E-state index contributed by atoms with van der Waals surface area (Å²) in [6.07, 6.45) is 2.29. The Hall–Kier alpha value is -1.98. The van der Waals surface area contributed by atoms with Crippen LogP contribution in [0.5, 0.6) is 0 Å². The van der Waals surface area contributed by atoms with Crippen molar-refractivity contribution in [3.8, 4) is 0 Å². The monoisotopic (exact) mass is 292 g/mol. The van der Waals surface area contributed by atoms with Crippen molar-refractivity contribution in [1.82, 2.24) is 9.80 Å². The molecule has 2 aliphatic heterocycles. The fraction of sp³-hybridized carbons (Fsp3) is 0.600. The van der Waals surface area contributed by atoms with E-state index < -0.39 is 11.9 Å². The lowest BCUT2D eigenvalue weighted by Gasteiger charge is -2.28. The number of hydrogen-bond acceptors (Lipinski definition) is 3. The maximum atomic E-state index is 12.6. The Morgan fingerprint density at radius 1 is 1.43 bits per heavy atom. The lowest BCUT2D eigenvalue weighted by Crippen LogP contribution is -2.44. The summed E-state index contributed by atoms with van der Waals surface area (Å²) in [6.45, 7) is 2.27. The highest BCUT2D eigenvalue weighted by atomic mass is 16.4. The van der Waals surface area contributed by atoms with Crippen LogP contribution in [0.25, 0.3) is 0 Å². The molecule has 1 aromatic heterocycles. The van der Waals surface area contributed by atoms with Crippen molar-refractivity contribution in [2.24, 2.45) is 5.92 Å². The molecule has 3 unspecified atom stereocenters. The first-order valence-electron chi connectivity index (χ1n) is 7.29. The molecule has 2 amide bonds. The van der Waals surface area contributed by atoms with Gasteiger partial charge >= 0.3 is 12.0 Å². The quantitative estimate of drug-likeness (QED) is 0.925. The van der Waals surface area contributed by atoms with Crippen LogP contribution in [-0.4, -0.2) is 46.0 Å². The zero-order valence-electron chi connectivity index (χ0n) is 12.3. The first-order chi connectivity index (χ1) is 9.97. The minimum Gasteiger partial charge on any atom is -0.481 e. The Morgan fingerprint density at radius 2 is 2.19 bits per heavy atom. The summed E-state index contributed by atoms with van der Waals surface area (Å²) >= 11 is 0. The Labute approximate surface area is 123 Å². The number of amides is 2. The largest absolute Gasteiger partial charge is 0.481 e. The van der Waals surface area contributed by atoms with E-state index in [2.05, 4.69) is 0 Å². The SMILES string of the molecule is Cc1ccc(CN(C)C(=O)N2C3CCC2C(C(=O)O)C3)o1. The molecule has 6 nitrogen and oxygen atoms in total. The van der Waals surface area contributed by atoms with Gasteiger partial charge in [0, 0.05) is 19.1 Å². The topological polar surface area (TPSA) is 74.0 Å². The van der Waals surface area contributed by atoms with Gasteiger partial charge in [-0.15, -0.1) is 0 Å². The number of aryl methyl sites for hydroxylation is 1. The Bertz CT molecular complexity index is 568. The predicted octanol–water partition coefficient (Wildman–Crippen LogP) is 2.08. The van der Waals surface area contributed by atoms with Crippen LogP contribution in [0.2, 0.25) is 0 Å². The molecule has 21 heavy (non-hydrogen) atoms.